The van der Waals surface area contributed by atoms with E-state index in [0.717, 1.165) is 16.9 Å². The summed E-state index contributed by atoms with van der Waals surface area (Å²) in [5.74, 6) is 0.731. The number of rotatable bonds is 3. The Kier molecular flexibility index (Phi) is 3.04. The van der Waals surface area contributed by atoms with Crippen LogP contribution >= 0.6 is 11.6 Å². The third-order valence-electron chi connectivity index (χ3n) is 2.13. The summed E-state index contributed by atoms with van der Waals surface area (Å²) in [6.07, 6.45) is 1.70. The summed E-state index contributed by atoms with van der Waals surface area (Å²) in [7, 11) is 1.88. The molecule has 78 valence electrons. The fourth-order valence-electron chi connectivity index (χ4n) is 1.44. The van der Waals surface area contributed by atoms with Gasteiger partial charge < -0.3 is 9.84 Å². The number of hydrogen-bond acceptors (Lipinski definition) is 3. The number of benzene rings is 1. The minimum Gasteiger partial charge on any atom is -0.356 e. The predicted molar refractivity (Wildman–Crippen MR) is 59.7 cm³/mol. The largest absolute Gasteiger partial charge is 0.356 e. The normalized spacial score (nSPS) is 10.5. The van der Waals surface area contributed by atoms with Crippen LogP contribution in [0.15, 0.2) is 35.0 Å². The zero-order valence-corrected chi connectivity index (χ0v) is 9.08. The lowest BCUT2D eigenvalue weighted by Gasteiger charge is -2.02. The highest BCUT2D eigenvalue weighted by molar-refractivity contribution is 6.33. The summed E-state index contributed by atoms with van der Waals surface area (Å²) in [6, 6.07) is 7.57. The van der Waals surface area contributed by atoms with Crippen molar-refractivity contribution in [2.75, 3.05) is 7.05 Å². The van der Waals surface area contributed by atoms with Crippen LogP contribution in [0.25, 0.3) is 11.3 Å². The van der Waals surface area contributed by atoms with Crippen molar-refractivity contribution in [3.63, 3.8) is 0 Å². The van der Waals surface area contributed by atoms with Crippen molar-refractivity contribution in [2.24, 2.45) is 0 Å². The molecule has 0 radical (unpaired) electrons. The van der Waals surface area contributed by atoms with Gasteiger partial charge in [0.05, 0.1) is 11.2 Å². The van der Waals surface area contributed by atoms with Gasteiger partial charge in [0.15, 0.2) is 5.76 Å². The van der Waals surface area contributed by atoms with Gasteiger partial charge in [-0.25, -0.2) is 0 Å². The van der Waals surface area contributed by atoms with Gasteiger partial charge in [0.2, 0.25) is 0 Å². The van der Waals surface area contributed by atoms with Crippen LogP contribution < -0.4 is 5.32 Å². The first kappa shape index (κ1) is 10.2. The van der Waals surface area contributed by atoms with E-state index in [-0.39, 0.29) is 0 Å². The first-order valence-electron chi connectivity index (χ1n) is 4.66. The van der Waals surface area contributed by atoms with E-state index in [1.807, 2.05) is 31.3 Å². The smallest absolute Gasteiger partial charge is 0.172 e. The molecule has 2 aromatic rings. The summed E-state index contributed by atoms with van der Waals surface area (Å²) in [5, 5.41) is 7.51. The molecule has 1 aromatic carbocycles. The second kappa shape index (κ2) is 4.47. The lowest BCUT2D eigenvalue weighted by atomic mass is 10.1. The molecule has 0 bridgehead atoms. The number of nitrogens with zero attached hydrogens (tertiary/aromatic N) is 1. The molecule has 0 amide bonds. The molecule has 0 spiro atoms. The Hall–Kier alpha value is -1.32. The van der Waals surface area contributed by atoms with Crippen LogP contribution in [0.1, 0.15) is 5.56 Å². The maximum Gasteiger partial charge on any atom is 0.172 e. The Balaban J connectivity index is 2.45. The minimum atomic E-state index is 0.673. The summed E-state index contributed by atoms with van der Waals surface area (Å²) in [4.78, 5) is 0. The molecule has 1 N–H and O–H groups in total. The summed E-state index contributed by atoms with van der Waals surface area (Å²) < 4.78 is 5.21. The molecule has 15 heavy (non-hydrogen) atoms. The second-order valence-corrected chi connectivity index (χ2v) is 3.60. The predicted octanol–water partition coefficient (Wildman–Crippen LogP) is 2.71. The molecule has 0 aliphatic heterocycles. The second-order valence-electron chi connectivity index (χ2n) is 3.19. The Bertz CT molecular complexity index is 453. The first-order chi connectivity index (χ1) is 7.33. The van der Waals surface area contributed by atoms with Gasteiger partial charge in [0.1, 0.15) is 0 Å². The Morgan fingerprint density at radius 3 is 2.93 bits per heavy atom. The molecule has 0 aliphatic carbocycles. The van der Waals surface area contributed by atoms with Crippen LogP contribution in [0.4, 0.5) is 0 Å². The fraction of sp³-hybridized carbons (Fsp3) is 0.182. The molecular weight excluding hydrogens is 212 g/mol. The van der Waals surface area contributed by atoms with Gasteiger partial charge in [-0.15, -0.1) is 0 Å². The fourth-order valence-corrected chi connectivity index (χ4v) is 1.67. The quantitative estimate of drug-likeness (QED) is 0.868. The molecule has 3 nitrogen and oxygen atoms in total. The van der Waals surface area contributed by atoms with E-state index in [1.54, 1.807) is 6.20 Å². The van der Waals surface area contributed by atoms with Crippen molar-refractivity contribution in [2.45, 2.75) is 6.54 Å². The maximum absolute atomic E-state index is 6.08. The molecule has 0 fully saturated rings. The van der Waals surface area contributed by atoms with Gasteiger partial charge in [-0.2, -0.15) is 0 Å². The van der Waals surface area contributed by atoms with Gasteiger partial charge in [-0.3, -0.25) is 0 Å². The van der Waals surface area contributed by atoms with Crippen molar-refractivity contribution < 1.29 is 4.52 Å². The van der Waals surface area contributed by atoms with Gasteiger partial charge in [0.25, 0.3) is 0 Å². The molecule has 0 saturated heterocycles. The van der Waals surface area contributed by atoms with E-state index >= 15 is 0 Å². The third kappa shape index (κ3) is 2.03. The van der Waals surface area contributed by atoms with Crippen LogP contribution in [0.3, 0.4) is 0 Å². The van der Waals surface area contributed by atoms with E-state index in [9.17, 15) is 0 Å². The lowest BCUT2D eigenvalue weighted by Crippen LogP contribution is -2.04. The zero-order valence-electron chi connectivity index (χ0n) is 8.33. The van der Waals surface area contributed by atoms with Gasteiger partial charge in [-0.05, 0) is 19.2 Å². The number of halogens is 1. The summed E-state index contributed by atoms with van der Waals surface area (Å²) in [5.41, 5.74) is 1.88. The molecule has 0 unspecified atom stereocenters. The Labute approximate surface area is 93.0 Å². The van der Waals surface area contributed by atoms with Crippen LogP contribution in [0.2, 0.25) is 5.02 Å². The molecule has 1 heterocycles. The molecule has 0 aliphatic rings. The molecule has 0 saturated carbocycles. The van der Waals surface area contributed by atoms with Crippen LogP contribution in [0, 0.1) is 0 Å². The van der Waals surface area contributed by atoms with E-state index in [0.29, 0.717) is 11.6 Å². The third-order valence-corrected chi connectivity index (χ3v) is 2.46. The van der Waals surface area contributed by atoms with E-state index < -0.39 is 0 Å². The van der Waals surface area contributed by atoms with E-state index in [2.05, 4.69) is 10.5 Å². The number of nitrogens with one attached hydrogen (secondary N) is 1. The summed E-state index contributed by atoms with van der Waals surface area (Å²) >= 11 is 6.08. The number of aromatic nitrogens is 1. The molecular formula is C11H11ClN2O. The maximum atomic E-state index is 6.08. The molecule has 4 heteroatoms. The zero-order chi connectivity index (χ0) is 10.7. The van der Waals surface area contributed by atoms with Gasteiger partial charge >= 0.3 is 0 Å². The highest BCUT2D eigenvalue weighted by Crippen LogP contribution is 2.29. The Morgan fingerprint density at radius 1 is 1.40 bits per heavy atom. The van der Waals surface area contributed by atoms with Crippen molar-refractivity contribution in [1.82, 2.24) is 10.5 Å². The van der Waals surface area contributed by atoms with E-state index in [4.69, 9.17) is 16.1 Å². The van der Waals surface area contributed by atoms with Crippen molar-refractivity contribution in [3.8, 4) is 11.3 Å². The van der Waals surface area contributed by atoms with Gasteiger partial charge in [-0.1, -0.05) is 28.9 Å². The SMILES string of the molecule is CNCc1cnoc1-c1ccccc1Cl. The summed E-state index contributed by atoms with van der Waals surface area (Å²) in [6.45, 7) is 0.712. The van der Waals surface area contributed by atoms with Crippen molar-refractivity contribution in [3.05, 3.63) is 41.0 Å². The molecule has 2 rings (SSSR count). The van der Waals surface area contributed by atoms with E-state index in [1.165, 1.54) is 0 Å². The average molecular weight is 223 g/mol. The standard InChI is InChI=1S/C11H11ClN2O/c1-13-6-8-7-14-15-11(8)9-4-2-3-5-10(9)12/h2-5,7,13H,6H2,1H3. The number of hydrogen-bond donors (Lipinski definition) is 1. The van der Waals surface area contributed by atoms with Crippen molar-refractivity contribution in [1.29, 1.82) is 0 Å². The van der Waals surface area contributed by atoms with Crippen molar-refractivity contribution >= 4 is 11.6 Å². The monoisotopic (exact) mass is 222 g/mol. The lowest BCUT2D eigenvalue weighted by molar-refractivity contribution is 0.431. The molecule has 1 aromatic heterocycles. The highest BCUT2D eigenvalue weighted by Gasteiger charge is 2.12. The van der Waals surface area contributed by atoms with Crippen LogP contribution in [-0.4, -0.2) is 12.2 Å². The van der Waals surface area contributed by atoms with Crippen LogP contribution in [0.5, 0.6) is 0 Å². The van der Waals surface area contributed by atoms with Crippen LogP contribution in [-0.2, 0) is 6.54 Å². The molecule has 0 atom stereocenters. The topological polar surface area (TPSA) is 38.1 Å². The van der Waals surface area contributed by atoms with Gasteiger partial charge in [0, 0.05) is 17.7 Å². The Morgan fingerprint density at radius 2 is 2.20 bits per heavy atom. The average Bonchev–Trinajstić information content (AvgIpc) is 2.67. The highest BCUT2D eigenvalue weighted by atomic mass is 35.5. The first-order valence-corrected chi connectivity index (χ1v) is 5.03. The minimum absolute atomic E-state index is 0.673.